The van der Waals surface area contributed by atoms with Crippen LogP contribution in [-0.4, -0.2) is 68.2 Å². The van der Waals surface area contributed by atoms with Crippen LogP contribution in [0.25, 0.3) is 10.8 Å². The molecule has 4 aromatic rings. The predicted octanol–water partition coefficient (Wildman–Crippen LogP) is 3.57. The second-order valence-electron chi connectivity index (χ2n) is 9.27. The summed E-state index contributed by atoms with van der Waals surface area (Å²) in [5, 5.41) is 29.6. The minimum Gasteiger partial charge on any atom is -0.494 e. The largest absolute Gasteiger partial charge is 0.494 e. The van der Waals surface area contributed by atoms with Crippen LogP contribution in [0.5, 0.6) is 5.75 Å². The van der Waals surface area contributed by atoms with E-state index in [0.29, 0.717) is 23.8 Å². The Morgan fingerprint density at radius 1 is 1.18 bits per heavy atom. The molecule has 0 unspecified atom stereocenters. The molecule has 0 spiro atoms. The summed E-state index contributed by atoms with van der Waals surface area (Å²) in [7, 11) is 0. The highest BCUT2D eigenvalue weighted by Gasteiger charge is 2.22. The van der Waals surface area contributed by atoms with Gasteiger partial charge in [-0.05, 0) is 62.2 Å². The van der Waals surface area contributed by atoms with Gasteiger partial charge in [0.15, 0.2) is 5.82 Å². The van der Waals surface area contributed by atoms with E-state index in [-0.39, 0.29) is 25.1 Å². The summed E-state index contributed by atoms with van der Waals surface area (Å²) >= 11 is 0. The molecule has 1 saturated heterocycles. The third-order valence-electron chi connectivity index (χ3n) is 6.51. The Hall–Kier alpha value is -4.09. The molecule has 11 heteroatoms. The summed E-state index contributed by atoms with van der Waals surface area (Å²) in [5.74, 6) is 0.574. The molecule has 38 heavy (non-hydrogen) atoms. The number of likely N-dealkylation sites (tertiary alicyclic amines) is 1. The Morgan fingerprint density at radius 2 is 2.11 bits per heavy atom. The predicted molar refractivity (Wildman–Crippen MR) is 142 cm³/mol. The minimum absolute atomic E-state index is 0.0292. The van der Waals surface area contributed by atoms with Crippen molar-refractivity contribution in [3.8, 4) is 5.75 Å². The number of carbonyl (C=O) groups excluding carboxylic acids is 1. The topological polar surface area (TPSA) is 117 Å². The van der Waals surface area contributed by atoms with E-state index in [2.05, 4.69) is 30.8 Å². The molecule has 198 valence electrons. The number of aliphatic hydroxyl groups excluding tert-OH is 1. The molecule has 1 amide bonds. The highest BCUT2D eigenvalue weighted by atomic mass is 19.1. The average Bonchev–Trinajstić information content (AvgIpc) is 3.55. The van der Waals surface area contributed by atoms with Crippen LogP contribution >= 0.6 is 0 Å². The highest BCUT2D eigenvalue weighted by molar-refractivity contribution is 5.93. The van der Waals surface area contributed by atoms with Crippen LogP contribution in [0.1, 0.15) is 19.3 Å². The van der Waals surface area contributed by atoms with Crippen molar-refractivity contribution in [3.63, 3.8) is 0 Å². The van der Waals surface area contributed by atoms with Gasteiger partial charge in [-0.3, -0.25) is 14.4 Å². The average molecular weight is 520 g/mol. The number of carbonyl (C=O) groups is 1. The summed E-state index contributed by atoms with van der Waals surface area (Å²) in [5.41, 5.74) is 1.03. The van der Waals surface area contributed by atoms with Gasteiger partial charge in [-0.25, -0.2) is 4.39 Å². The Morgan fingerprint density at radius 3 is 2.97 bits per heavy atom. The molecule has 1 atom stereocenters. The zero-order valence-corrected chi connectivity index (χ0v) is 20.9. The van der Waals surface area contributed by atoms with Crippen LogP contribution in [0.3, 0.4) is 0 Å². The van der Waals surface area contributed by atoms with Crippen LogP contribution in [0.2, 0.25) is 0 Å². The van der Waals surface area contributed by atoms with Gasteiger partial charge in [0.2, 0.25) is 5.91 Å². The lowest BCUT2D eigenvalue weighted by Gasteiger charge is -2.22. The first kappa shape index (κ1) is 25.6. The van der Waals surface area contributed by atoms with Crippen LogP contribution in [0, 0.1) is 5.82 Å². The molecule has 3 N–H and O–H groups in total. The molecule has 3 heterocycles. The Bertz CT molecular complexity index is 1400. The number of ether oxygens (including phenoxy) is 1. The molecule has 5 rings (SSSR count). The number of halogens is 1. The minimum atomic E-state index is -0.419. The number of aromatic nitrogens is 4. The lowest BCUT2D eigenvalue weighted by atomic mass is 10.2. The summed E-state index contributed by atoms with van der Waals surface area (Å²) in [6, 6.07) is 11.8. The maximum Gasteiger partial charge on any atom is 0.246 e. The molecule has 2 aromatic carbocycles. The van der Waals surface area contributed by atoms with E-state index >= 15 is 0 Å². The van der Waals surface area contributed by atoms with Crippen molar-refractivity contribution in [2.24, 2.45) is 0 Å². The maximum absolute atomic E-state index is 13.3. The second kappa shape index (κ2) is 12.0. The quantitative estimate of drug-likeness (QED) is 0.258. The molecule has 1 aliphatic heterocycles. The summed E-state index contributed by atoms with van der Waals surface area (Å²) in [4.78, 5) is 14.6. The van der Waals surface area contributed by atoms with E-state index in [4.69, 9.17) is 4.74 Å². The van der Waals surface area contributed by atoms with Gasteiger partial charge < -0.3 is 20.5 Å². The van der Waals surface area contributed by atoms with Gasteiger partial charge in [-0.2, -0.15) is 10.2 Å². The van der Waals surface area contributed by atoms with Crippen molar-refractivity contribution < 1.29 is 19.0 Å². The molecule has 0 aliphatic carbocycles. The number of benzene rings is 2. The smallest absolute Gasteiger partial charge is 0.246 e. The number of anilines is 3. The number of hydrogen-bond acceptors (Lipinski definition) is 8. The third-order valence-corrected chi connectivity index (χ3v) is 6.51. The van der Waals surface area contributed by atoms with E-state index in [9.17, 15) is 14.3 Å². The first-order valence-electron chi connectivity index (χ1n) is 12.7. The summed E-state index contributed by atoms with van der Waals surface area (Å²) < 4.78 is 20.8. The lowest BCUT2D eigenvalue weighted by molar-refractivity contribution is -0.116. The molecular weight excluding hydrogens is 489 g/mol. The van der Waals surface area contributed by atoms with E-state index in [1.807, 2.05) is 18.2 Å². The fraction of sp³-hybridized carbons (Fsp3) is 0.333. The molecule has 1 aliphatic rings. The van der Waals surface area contributed by atoms with Crippen molar-refractivity contribution in [2.45, 2.75) is 31.8 Å². The second-order valence-corrected chi connectivity index (χ2v) is 9.27. The SMILES string of the molecule is O=C(Cn1cc(Nc2nncc3cc(OCCCN4CCC[C@@H]4CO)ccc23)cn1)Nc1cccc(F)c1. The first-order valence-corrected chi connectivity index (χ1v) is 12.7. The standard InChI is InChI=1S/C27H30FN7O3/c28-20-4-1-5-21(13-20)31-26(37)17-35-16-22(15-30-35)32-27-25-8-7-24(12-19(25)14-29-33-27)38-11-3-10-34-9-2-6-23(34)18-36/h1,4-5,7-8,12-16,23,36H,2-3,6,9-11,17-18H2,(H,31,37)(H,32,33)/t23-/m1/s1. The van der Waals surface area contributed by atoms with Crippen molar-refractivity contribution in [1.29, 1.82) is 0 Å². The number of amides is 1. The number of nitrogens with one attached hydrogen (secondary N) is 2. The van der Waals surface area contributed by atoms with Crippen LogP contribution in [0.15, 0.2) is 61.1 Å². The fourth-order valence-electron chi connectivity index (χ4n) is 4.67. The van der Waals surface area contributed by atoms with Gasteiger partial charge >= 0.3 is 0 Å². The molecule has 0 bridgehead atoms. The molecule has 0 radical (unpaired) electrons. The molecule has 1 fully saturated rings. The molecular formula is C27H30FN7O3. The van der Waals surface area contributed by atoms with Crippen molar-refractivity contribution in [3.05, 3.63) is 66.9 Å². The molecule has 10 nitrogen and oxygen atoms in total. The summed E-state index contributed by atoms with van der Waals surface area (Å²) in [6.45, 7) is 2.74. The van der Waals surface area contributed by atoms with Gasteiger partial charge in [0, 0.05) is 35.2 Å². The van der Waals surface area contributed by atoms with Crippen molar-refractivity contribution in [1.82, 2.24) is 24.9 Å². The van der Waals surface area contributed by atoms with Gasteiger partial charge in [0.05, 0.1) is 31.3 Å². The van der Waals surface area contributed by atoms with Crippen LogP contribution < -0.4 is 15.4 Å². The van der Waals surface area contributed by atoms with E-state index in [1.165, 1.54) is 22.9 Å². The third kappa shape index (κ3) is 6.42. The van der Waals surface area contributed by atoms with E-state index < -0.39 is 5.82 Å². The van der Waals surface area contributed by atoms with Crippen molar-refractivity contribution in [2.75, 3.05) is 36.9 Å². The maximum atomic E-state index is 13.3. The molecule has 0 saturated carbocycles. The Labute approximate surface area is 219 Å². The molecule has 2 aromatic heterocycles. The fourth-order valence-corrected chi connectivity index (χ4v) is 4.67. The number of rotatable bonds is 11. The van der Waals surface area contributed by atoms with Crippen LogP contribution in [0.4, 0.5) is 21.6 Å². The Balaban J connectivity index is 1.16. The van der Waals surface area contributed by atoms with Gasteiger partial charge in [-0.15, -0.1) is 5.10 Å². The number of fused-ring (bicyclic) bond motifs is 1. The monoisotopic (exact) mass is 519 g/mol. The van der Waals surface area contributed by atoms with Crippen molar-refractivity contribution >= 4 is 33.9 Å². The van der Waals surface area contributed by atoms with Crippen LogP contribution in [-0.2, 0) is 11.3 Å². The zero-order valence-electron chi connectivity index (χ0n) is 20.9. The first-order chi connectivity index (χ1) is 18.6. The van der Waals surface area contributed by atoms with Gasteiger partial charge in [-0.1, -0.05) is 6.07 Å². The zero-order chi connectivity index (χ0) is 26.3. The van der Waals surface area contributed by atoms with Gasteiger partial charge in [0.1, 0.15) is 18.1 Å². The highest BCUT2D eigenvalue weighted by Crippen LogP contribution is 2.27. The number of hydrogen-bond donors (Lipinski definition) is 3. The number of aliphatic hydroxyl groups is 1. The van der Waals surface area contributed by atoms with Gasteiger partial charge in [0.25, 0.3) is 0 Å². The normalized spacial score (nSPS) is 15.6. The van der Waals surface area contributed by atoms with E-state index in [0.717, 1.165) is 48.9 Å². The number of nitrogens with zero attached hydrogens (tertiary/aromatic N) is 5. The Kier molecular flexibility index (Phi) is 8.05. The van der Waals surface area contributed by atoms with E-state index in [1.54, 1.807) is 24.7 Å². The summed E-state index contributed by atoms with van der Waals surface area (Å²) in [6.07, 6.45) is 8.05. The lowest BCUT2D eigenvalue weighted by Crippen LogP contribution is -2.33.